The minimum absolute atomic E-state index is 0.739. The molecule has 0 spiro atoms. The number of hydrogen-bond donors (Lipinski definition) is 1. The van der Waals surface area contributed by atoms with Crippen LogP contribution in [0.1, 0.15) is 18.1 Å². The highest BCUT2D eigenvalue weighted by Gasteiger charge is 2.22. The topological polar surface area (TPSA) is 30.9 Å². The number of benzene rings is 13. The fraction of sp³-hybridized carbons (Fsp3) is 0.0278. The third kappa shape index (κ3) is 6.94. The fourth-order valence-corrected chi connectivity index (χ4v) is 12.1. The first kappa shape index (κ1) is 43.3. The summed E-state index contributed by atoms with van der Waals surface area (Å²) in [5, 5.41) is 16.1. The smallest absolute Gasteiger partial charge is 0.116 e. The van der Waals surface area contributed by atoms with Gasteiger partial charge in [-0.05, 0) is 188 Å². The van der Waals surface area contributed by atoms with Crippen LogP contribution in [-0.4, -0.2) is 4.57 Å². The van der Waals surface area contributed by atoms with E-state index < -0.39 is 0 Å². The number of fused-ring (bicyclic) bond motifs is 9. The molecular weight excluding hydrogens is 893 g/mol. The highest BCUT2D eigenvalue weighted by molar-refractivity contribution is 6.28. The van der Waals surface area contributed by atoms with Crippen molar-refractivity contribution in [3.63, 3.8) is 0 Å². The standard InChI is InChI=1S/C72H50N2/c1-3-17-64-65-41-49(35-37-69(65)74(72(64)73)54-20-5-4-6-21-54)53-39-45(2)38-52(40-53)47-32-30-46(31-33-47)48-34-36-63-68(42-48)71(67-44-51-19-8-10-23-56(51)58-25-12-14-27-60(58)67)62-29-16-15-28-61(62)70(63)66-43-50-18-7-9-22-55(50)57-24-11-13-26-59(57)66/h3-44H,73H2,1-2H3/b17-3-. The molecule has 14 rings (SSSR count). The summed E-state index contributed by atoms with van der Waals surface area (Å²) in [7, 11) is 0. The molecule has 0 atom stereocenters. The van der Waals surface area contributed by atoms with Crippen molar-refractivity contribution in [2.24, 2.45) is 0 Å². The predicted octanol–water partition coefficient (Wildman–Crippen LogP) is 19.8. The maximum absolute atomic E-state index is 6.90. The molecule has 14 aromatic rings. The monoisotopic (exact) mass is 942 g/mol. The van der Waals surface area contributed by atoms with Crippen molar-refractivity contribution in [2.75, 3.05) is 5.73 Å². The Morgan fingerprint density at radius 3 is 1.36 bits per heavy atom. The Labute approximate surface area is 430 Å². The third-order valence-corrected chi connectivity index (χ3v) is 15.5. The average Bonchev–Trinajstić information content (AvgIpc) is 3.78. The van der Waals surface area contributed by atoms with Crippen LogP contribution in [0.5, 0.6) is 0 Å². The second-order valence-corrected chi connectivity index (χ2v) is 19.8. The number of allylic oxidation sites excluding steroid dienone is 1. The normalized spacial score (nSPS) is 11.9. The van der Waals surface area contributed by atoms with Gasteiger partial charge >= 0.3 is 0 Å². The Balaban J connectivity index is 0.942. The average molecular weight is 943 g/mol. The van der Waals surface area contributed by atoms with E-state index in [-0.39, 0.29) is 0 Å². The predicted molar refractivity (Wildman–Crippen MR) is 319 cm³/mol. The number of nitrogens with zero attached hydrogens (tertiary/aromatic N) is 1. The zero-order chi connectivity index (χ0) is 49.4. The van der Waals surface area contributed by atoms with Gasteiger partial charge in [0.25, 0.3) is 0 Å². The third-order valence-electron chi connectivity index (χ3n) is 15.5. The van der Waals surface area contributed by atoms with E-state index in [4.69, 9.17) is 5.73 Å². The molecule has 1 heterocycles. The van der Waals surface area contributed by atoms with E-state index >= 15 is 0 Å². The molecule has 0 bridgehead atoms. The van der Waals surface area contributed by atoms with Crippen LogP contribution in [0, 0.1) is 6.92 Å². The molecule has 2 N–H and O–H groups in total. The second-order valence-electron chi connectivity index (χ2n) is 19.8. The zero-order valence-electron chi connectivity index (χ0n) is 41.3. The van der Waals surface area contributed by atoms with E-state index in [1.807, 2.05) is 13.0 Å². The Bertz CT molecular complexity index is 4610. The van der Waals surface area contributed by atoms with Crippen molar-refractivity contribution in [1.29, 1.82) is 0 Å². The van der Waals surface area contributed by atoms with E-state index in [1.54, 1.807) is 0 Å². The van der Waals surface area contributed by atoms with Crippen molar-refractivity contribution < 1.29 is 0 Å². The number of rotatable bonds is 7. The van der Waals surface area contributed by atoms with Gasteiger partial charge in [-0.3, -0.25) is 4.57 Å². The quantitative estimate of drug-likeness (QED) is 0.125. The molecule has 0 aliphatic carbocycles. The number of nitrogens with two attached hydrogens (primary N) is 1. The van der Waals surface area contributed by atoms with E-state index in [9.17, 15) is 0 Å². The van der Waals surface area contributed by atoms with E-state index in [0.29, 0.717) is 0 Å². The Kier molecular flexibility index (Phi) is 10.2. The summed E-state index contributed by atoms with van der Waals surface area (Å²) < 4.78 is 2.16. The van der Waals surface area contributed by atoms with Gasteiger partial charge in [0.2, 0.25) is 0 Å². The summed E-state index contributed by atoms with van der Waals surface area (Å²) in [5.74, 6) is 0.739. The first-order valence-corrected chi connectivity index (χ1v) is 25.6. The maximum Gasteiger partial charge on any atom is 0.116 e. The molecule has 2 nitrogen and oxygen atoms in total. The van der Waals surface area contributed by atoms with Crippen LogP contribution in [0.15, 0.2) is 249 Å². The number of para-hydroxylation sites is 1. The highest BCUT2D eigenvalue weighted by atomic mass is 15.1. The van der Waals surface area contributed by atoms with Gasteiger partial charge in [-0.15, -0.1) is 0 Å². The Morgan fingerprint density at radius 2 is 0.770 bits per heavy atom. The molecule has 0 aliphatic rings. The summed E-state index contributed by atoms with van der Waals surface area (Å²) in [5.41, 5.74) is 23.3. The summed E-state index contributed by atoms with van der Waals surface area (Å²) in [6.07, 6.45) is 4.19. The lowest BCUT2D eigenvalue weighted by molar-refractivity contribution is 1.14. The lowest BCUT2D eigenvalue weighted by Gasteiger charge is -2.21. The van der Waals surface area contributed by atoms with Crippen molar-refractivity contribution in [1.82, 2.24) is 4.57 Å². The molecule has 0 unspecified atom stereocenters. The molecule has 348 valence electrons. The largest absolute Gasteiger partial charge is 0.384 e. The second kappa shape index (κ2) is 17.4. The van der Waals surface area contributed by atoms with Crippen molar-refractivity contribution >= 4 is 87.4 Å². The number of nitrogen functional groups attached to an aromatic ring is 1. The first-order valence-electron chi connectivity index (χ1n) is 25.6. The van der Waals surface area contributed by atoms with Crippen molar-refractivity contribution in [3.05, 3.63) is 260 Å². The minimum atomic E-state index is 0.739. The summed E-state index contributed by atoms with van der Waals surface area (Å²) in [4.78, 5) is 0. The van der Waals surface area contributed by atoms with Crippen LogP contribution in [0.4, 0.5) is 5.82 Å². The number of aromatic nitrogens is 1. The molecule has 74 heavy (non-hydrogen) atoms. The molecule has 13 aromatic carbocycles. The lowest BCUT2D eigenvalue weighted by atomic mass is 9.81. The zero-order valence-corrected chi connectivity index (χ0v) is 41.3. The molecule has 2 heteroatoms. The van der Waals surface area contributed by atoms with Crippen molar-refractivity contribution in [2.45, 2.75) is 13.8 Å². The first-order chi connectivity index (χ1) is 36.5. The number of aryl methyl sites for hydroxylation is 1. The Morgan fingerprint density at radius 1 is 0.338 bits per heavy atom. The molecule has 0 aliphatic heterocycles. The van der Waals surface area contributed by atoms with Crippen LogP contribution in [0.2, 0.25) is 0 Å². The van der Waals surface area contributed by atoms with Gasteiger partial charge in [0.15, 0.2) is 0 Å². The van der Waals surface area contributed by atoms with Gasteiger partial charge < -0.3 is 5.73 Å². The number of hydrogen-bond acceptors (Lipinski definition) is 1. The SMILES string of the molecule is C/C=C\c1c(N)n(-c2ccccc2)c2ccc(-c3cc(C)cc(-c4ccc(-c5ccc6c(-c7cc8ccccc8c8ccccc78)c7ccccc7c(-c7cc8ccccc8c8ccccc78)c6c5)cc4)c3)cc12. The van der Waals surface area contributed by atoms with Gasteiger partial charge in [-0.25, -0.2) is 0 Å². The minimum Gasteiger partial charge on any atom is -0.384 e. The molecular formula is C72H50N2. The summed E-state index contributed by atoms with van der Waals surface area (Å²) in [6, 6.07) is 89.9. The fourth-order valence-electron chi connectivity index (χ4n) is 12.1. The van der Waals surface area contributed by atoms with Crippen LogP contribution in [-0.2, 0) is 0 Å². The Hall–Kier alpha value is -9.50. The van der Waals surface area contributed by atoms with Gasteiger partial charge in [-0.1, -0.05) is 206 Å². The molecule has 0 radical (unpaired) electrons. The molecule has 0 fully saturated rings. The van der Waals surface area contributed by atoms with E-state index in [0.717, 1.165) is 33.5 Å². The highest BCUT2D eigenvalue weighted by Crippen LogP contribution is 2.49. The number of anilines is 1. The summed E-state index contributed by atoms with van der Waals surface area (Å²) >= 11 is 0. The molecule has 0 saturated heterocycles. The van der Waals surface area contributed by atoms with Gasteiger partial charge in [-0.2, -0.15) is 0 Å². The van der Waals surface area contributed by atoms with E-state index in [2.05, 4.69) is 260 Å². The lowest BCUT2D eigenvalue weighted by Crippen LogP contribution is -2.00. The molecule has 0 amide bonds. The van der Waals surface area contributed by atoms with Gasteiger partial charge in [0.05, 0.1) is 5.52 Å². The van der Waals surface area contributed by atoms with Gasteiger partial charge in [0, 0.05) is 16.6 Å². The summed E-state index contributed by atoms with van der Waals surface area (Å²) in [6.45, 7) is 4.24. The van der Waals surface area contributed by atoms with Crippen molar-refractivity contribution in [3.8, 4) is 61.3 Å². The van der Waals surface area contributed by atoms with Crippen LogP contribution < -0.4 is 5.73 Å². The molecule has 0 saturated carbocycles. The van der Waals surface area contributed by atoms with E-state index in [1.165, 1.54) is 120 Å². The van der Waals surface area contributed by atoms with Crippen LogP contribution in [0.3, 0.4) is 0 Å². The van der Waals surface area contributed by atoms with Gasteiger partial charge in [0.1, 0.15) is 5.82 Å². The van der Waals surface area contributed by atoms with Crippen LogP contribution in [0.25, 0.3) is 143 Å². The molecule has 1 aromatic heterocycles. The maximum atomic E-state index is 6.90. The van der Waals surface area contributed by atoms with Crippen LogP contribution >= 0.6 is 0 Å².